The fraction of sp³-hybridized carbons (Fsp3) is 0.400. The van der Waals surface area contributed by atoms with Gasteiger partial charge in [-0.25, -0.2) is 12.8 Å². The Morgan fingerprint density at radius 2 is 2.12 bits per heavy atom. The van der Waals surface area contributed by atoms with Gasteiger partial charge in [0.25, 0.3) is 15.9 Å². The van der Waals surface area contributed by atoms with Gasteiger partial charge in [0.2, 0.25) is 0 Å². The number of piperidine rings is 1. The van der Waals surface area contributed by atoms with Crippen LogP contribution < -0.4 is 4.80 Å². The number of halogens is 2. The van der Waals surface area contributed by atoms with Crippen molar-refractivity contribution in [1.82, 2.24) is 8.87 Å². The van der Waals surface area contributed by atoms with E-state index in [1.807, 2.05) is 4.57 Å². The zero-order chi connectivity index (χ0) is 22.9. The number of hydrogen-bond acceptors (Lipinski definition) is 6. The van der Waals surface area contributed by atoms with Gasteiger partial charge in [-0.2, -0.15) is 9.30 Å². The molecule has 1 aliphatic heterocycles. The molecule has 3 heterocycles. The van der Waals surface area contributed by atoms with Crippen molar-refractivity contribution in [3.05, 3.63) is 45.3 Å². The van der Waals surface area contributed by atoms with Crippen LogP contribution in [0.5, 0.6) is 0 Å². The van der Waals surface area contributed by atoms with E-state index >= 15 is 0 Å². The van der Waals surface area contributed by atoms with Crippen LogP contribution in [0.15, 0.2) is 39.5 Å². The van der Waals surface area contributed by atoms with E-state index in [1.54, 1.807) is 19.2 Å². The van der Waals surface area contributed by atoms with Crippen molar-refractivity contribution in [2.45, 2.75) is 23.6 Å². The normalized spacial score (nSPS) is 18.5. The number of benzene rings is 1. The van der Waals surface area contributed by atoms with Gasteiger partial charge in [-0.15, -0.1) is 11.3 Å². The average molecular weight is 518 g/mol. The number of nitrogens with zero attached hydrogens (tertiary/aromatic N) is 3. The largest absolute Gasteiger partial charge is 0.383 e. The highest BCUT2D eigenvalue weighted by Gasteiger charge is 2.34. The highest BCUT2D eigenvalue weighted by Crippen LogP contribution is 2.31. The van der Waals surface area contributed by atoms with Crippen molar-refractivity contribution in [1.29, 1.82) is 0 Å². The molecule has 1 unspecified atom stereocenters. The summed E-state index contributed by atoms with van der Waals surface area (Å²) in [6.45, 7) is 1.28. The van der Waals surface area contributed by atoms with Crippen molar-refractivity contribution >= 4 is 60.4 Å². The number of sulfonamides is 1. The van der Waals surface area contributed by atoms with Crippen LogP contribution in [0.25, 0.3) is 10.2 Å². The molecule has 2 aromatic heterocycles. The Labute approximate surface area is 197 Å². The molecule has 7 nitrogen and oxygen atoms in total. The first-order valence-electron chi connectivity index (χ1n) is 9.91. The van der Waals surface area contributed by atoms with Crippen molar-refractivity contribution in [2.24, 2.45) is 10.9 Å². The van der Waals surface area contributed by atoms with Crippen LogP contribution in [0, 0.1) is 11.7 Å². The molecular weight excluding hydrogens is 497 g/mol. The lowest BCUT2D eigenvalue weighted by molar-refractivity contribution is -0.122. The molecule has 1 aromatic carbocycles. The smallest absolute Gasteiger partial charge is 0.252 e. The summed E-state index contributed by atoms with van der Waals surface area (Å²) in [5, 5.41) is 0. The highest BCUT2D eigenvalue weighted by atomic mass is 35.5. The van der Waals surface area contributed by atoms with Gasteiger partial charge in [0.15, 0.2) is 4.80 Å². The van der Waals surface area contributed by atoms with Crippen molar-refractivity contribution in [3.8, 4) is 0 Å². The van der Waals surface area contributed by atoms with Gasteiger partial charge < -0.3 is 9.30 Å². The molecule has 4 rings (SSSR count). The van der Waals surface area contributed by atoms with Crippen LogP contribution in [-0.2, 0) is 26.1 Å². The number of amides is 1. The summed E-state index contributed by atoms with van der Waals surface area (Å²) in [6, 6.07) is 7.46. The zero-order valence-corrected chi connectivity index (χ0v) is 20.4. The second-order valence-corrected chi connectivity index (χ2v) is 12.2. The van der Waals surface area contributed by atoms with Crippen LogP contribution in [0.4, 0.5) is 4.39 Å². The summed E-state index contributed by atoms with van der Waals surface area (Å²) in [4.78, 5) is 17.8. The Bertz CT molecular complexity index is 1320. The maximum Gasteiger partial charge on any atom is 0.252 e. The molecule has 1 aliphatic rings. The molecule has 0 saturated carbocycles. The number of rotatable bonds is 6. The van der Waals surface area contributed by atoms with E-state index in [9.17, 15) is 17.6 Å². The molecule has 0 N–H and O–H groups in total. The number of thiazole rings is 1. The van der Waals surface area contributed by atoms with Crippen LogP contribution >= 0.6 is 34.3 Å². The van der Waals surface area contributed by atoms with E-state index in [2.05, 4.69) is 4.99 Å². The lowest BCUT2D eigenvalue weighted by Crippen LogP contribution is -2.42. The average Bonchev–Trinajstić information content (AvgIpc) is 3.35. The number of hydrogen-bond donors (Lipinski definition) is 0. The number of aromatic nitrogens is 1. The third-order valence-electron chi connectivity index (χ3n) is 5.25. The quantitative estimate of drug-likeness (QED) is 0.499. The Morgan fingerprint density at radius 1 is 1.31 bits per heavy atom. The number of carbonyl (C=O) groups excluding carboxylic acids is 1. The van der Waals surface area contributed by atoms with Crippen LogP contribution in [-0.4, -0.2) is 50.0 Å². The second-order valence-electron chi connectivity index (χ2n) is 7.35. The summed E-state index contributed by atoms with van der Waals surface area (Å²) in [5.41, 5.74) is 0.766. The molecule has 1 amide bonds. The van der Waals surface area contributed by atoms with Gasteiger partial charge >= 0.3 is 0 Å². The van der Waals surface area contributed by atoms with E-state index in [1.165, 1.54) is 33.8 Å². The van der Waals surface area contributed by atoms with Crippen LogP contribution in [0.3, 0.4) is 0 Å². The van der Waals surface area contributed by atoms with E-state index < -0.39 is 15.9 Å². The first-order chi connectivity index (χ1) is 15.3. The fourth-order valence-electron chi connectivity index (χ4n) is 3.64. The Morgan fingerprint density at radius 3 is 2.84 bits per heavy atom. The molecule has 0 radical (unpaired) electrons. The second kappa shape index (κ2) is 9.70. The first kappa shape index (κ1) is 23.5. The summed E-state index contributed by atoms with van der Waals surface area (Å²) in [5.74, 6) is -1.29. The predicted molar refractivity (Wildman–Crippen MR) is 123 cm³/mol. The molecule has 3 aromatic rings. The molecule has 0 aliphatic carbocycles. The van der Waals surface area contributed by atoms with E-state index in [4.69, 9.17) is 16.3 Å². The molecule has 1 saturated heterocycles. The molecule has 0 bridgehead atoms. The molecule has 0 spiro atoms. The predicted octanol–water partition coefficient (Wildman–Crippen LogP) is 3.73. The molecule has 12 heteroatoms. The molecule has 1 fully saturated rings. The summed E-state index contributed by atoms with van der Waals surface area (Å²) in [7, 11) is -2.14. The minimum absolute atomic E-state index is 0.0672. The van der Waals surface area contributed by atoms with Gasteiger partial charge in [0.05, 0.1) is 27.1 Å². The van der Waals surface area contributed by atoms with E-state index in [0.29, 0.717) is 46.4 Å². The molecule has 1 atom stereocenters. The van der Waals surface area contributed by atoms with Crippen molar-refractivity contribution in [2.75, 3.05) is 26.8 Å². The Balaban J connectivity index is 1.62. The van der Waals surface area contributed by atoms with E-state index in [0.717, 1.165) is 16.9 Å². The van der Waals surface area contributed by atoms with Gasteiger partial charge in [-0.05, 0) is 43.2 Å². The Kier molecular flexibility index (Phi) is 7.13. The fourth-order valence-corrected chi connectivity index (χ4v) is 7.89. The Hall–Kier alpha value is -1.63. The maximum atomic E-state index is 13.7. The number of thiophene rings is 1. The zero-order valence-electron chi connectivity index (χ0n) is 17.2. The minimum atomic E-state index is -3.71. The van der Waals surface area contributed by atoms with Gasteiger partial charge in [0, 0.05) is 26.7 Å². The van der Waals surface area contributed by atoms with Gasteiger partial charge in [0.1, 0.15) is 10.0 Å². The monoisotopic (exact) mass is 517 g/mol. The third-order valence-corrected chi connectivity index (χ3v) is 9.85. The summed E-state index contributed by atoms with van der Waals surface area (Å²) in [6.07, 6.45) is 1.11. The minimum Gasteiger partial charge on any atom is -0.383 e. The lowest BCUT2D eigenvalue weighted by Gasteiger charge is -2.29. The van der Waals surface area contributed by atoms with Gasteiger partial charge in [-0.3, -0.25) is 4.79 Å². The standard InChI is InChI=1S/C20H21ClFN3O4S3/c1-29-10-9-25-15-5-4-14(22)11-16(15)30-20(25)23-19(26)13-3-2-8-24(12-13)32(27,28)18-7-6-17(21)31-18/h4-7,11,13H,2-3,8-10,12H2,1H3. The van der Waals surface area contributed by atoms with Crippen LogP contribution in [0.1, 0.15) is 12.8 Å². The summed E-state index contributed by atoms with van der Waals surface area (Å²) >= 11 is 8.12. The first-order valence-corrected chi connectivity index (χ1v) is 13.4. The molecule has 32 heavy (non-hydrogen) atoms. The third kappa shape index (κ3) is 4.82. The number of carbonyl (C=O) groups is 1. The van der Waals surface area contributed by atoms with E-state index in [-0.39, 0.29) is 22.5 Å². The van der Waals surface area contributed by atoms with Crippen molar-refractivity contribution in [3.63, 3.8) is 0 Å². The lowest BCUT2D eigenvalue weighted by atomic mass is 9.99. The maximum absolute atomic E-state index is 13.7. The number of ether oxygens (including phenoxy) is 1. The van der Waals surface area contributed by atoms with Crippen molar-refractivity contribution < 1.29 is 22.3 Å². The molecular formula is C20H21ClFN3O4S3. The molecule has 172 valence electrons. The van der Waals surface area contributed by atoms with Crippen LogP contribution in [0.2, 0.25) is 4.34 Å². The summed E-state index contributed by atoms with van der Waals surface area (Å²) < 4.78 is 49.1. The number of fused-ring (bicyclic) bond motifs is 1. The topological polar surface area (TPSA) is 81.0 Å². The highest BCUT2D eigenvalue weighted by molar-refractivity contribution is 7.91. The van der Waals surface area contributed by atoms with Gasteiger partial charge in [-0.1, -0.05) is 22.9 Å². The number of methoxy groups -OCH3 is 1. The SMILES string of the molecule is COCCn1c(=NC(=O)C2CCCN(S(=O)(=O)c3ccc(Cl)s3)C2)sc2cc(F)ccc21.